The maximum Gasteiger partial charge on any atom is 0.272 e. The molecular weight excluding hydrogens is 310 g/mol. The molecule has 4 aliphatic heterocycles. The number of nitrogens with zero attached hydrogens (tertiary/aromatic N) is 3. The van der Waals surface area contributed by atoms with Gasteiger partial charge in [0.2, 0.25) is 0 Å². The normalized spacial score (nSPS) is 33.3. The number of benzene rings is 1. The van der Waals surface area contributed by atoms with Crippen molar-refractivity contribution in [2.75, 3.05) is 19.6 Å². The smallest absolute Gasteiger partial charge is 0.272 e. The highest BCUT2D eigenvalue weighted by Gasteiger charge is 2.54. The molecular formula is C21H23N3O. The van der Waals surface area contributed by atoms with Crippen molar-refractivity contribution in [2.24, 2.45) is 5.92 Å². The summed E-state index contributed by atoms with van der Waals surface area (Å²) < 4.78 is 0. The molecule has 0 unspecified atom stereocenters. The van der Waals surface area contributed by atoms with E-state index in [2.05, 4.69) is 45.1 Å². The van der Waals surface area contributed by atoms with Crippen molar-refractivity contribution in [3.8, 4) is 0 Å². The molecule has 1 aromatic carbocycles. The van der Waals surface area contributed by atoms with Crippen LogP contribution in [0.1, 0.15) is 34.8 Å². The number of pyridine rings is 1. The van der Waals surface area contributed by atoms with Gasteiger partial charge >= 0.3 is 0 Å². The molecule has 2 bridgehead atoms. The van der Waals surface area contributed by atoms with Crippen LogP contribution in [0, 0.1) is 5.92 Å². The van der Waals surface area contributed by atoms with Crippen LogP contribution in [-0.2, 0) is 0 Å². The standard InChI is InChI=1S/C21H23N3O/c25-21(18-8-4-5-11-22-18)24-14-17(15-6-2-1-3-7-15)20-19(24)16-9-12-23(20)13-10-16/h1-8,11,16-17,19-20H,9-10,12-14H2/t17-,19+,20+/m0/s1. The molecule has 3 atom stereocenters. The van der Waals surface area contributed by atoms with Crippen LogP contribution in [0.4, 0.5) is 0 Å². The van der Waals surface area contributed by atoms with Gasteiger partial charge in [-0.3, -0.25) is 14.7 Å². The van der Waals surface area contributed by atoms with Crippen molar-refractivity contribution in [3.63, 3.8) is 0 Å². The fourth-order valence-electron chi connectivity index (χ4n) is 5.28. The first-order chi connectivity index (χ1) is 12.3. The molecule has 4 aliphatic rings. The number of aromatic nitrogens is 1. The molecule has 0 radical (unpaired) electrons. The van der Waals surface area contributed by atoms with E-state index in [4.69, 9.17) is 0 Å². The number of piperidine rings is 3. The summed E-state index contributed by atoms with van der Waals surface area (Å²) in [6.07, 6.45) is 4.15. The summed E-state index contributed by atoms with van der Waals surface area (Å²) in [6.45, 7) is 3.17. The topological polar surface area (TPSA) is 36.4 Å². The van der Waals surface area contributed by atoms with Gasteiger partial charge in [-0.15, -0.1) is 0 Å². The lowest BCUT2D eigenvalue weighted by Crippen LogP contribution is -2.60. The Morgan fingerprint density at radius 3 is 2.44 bits per heavy atom. The third-order valence-corrected chi connectivity index (χ3v) is 6.37. The average Bonchev–Trinajstić information content (AvgIpc) is 3.12. The Balaban J connectivity index is 1.53. The summed E-state index contributed by atoms with van der Waals surface area (Å²) in [6, 6.07) is 17.1. The molecule has 6 rings (SSSR count). The molecule has 0 aliphatic carbocycles. The van der Waals surface area contributed by atoms with Crippen LogP contribution in [0.5, 0.6) is 0 Å². The highest BCUT2D eigenvalue weighted by Crippen LogP contribution is 2.46. The second-order valence-corrected chi connectivity index (χ2v) is 7.54. The molecule has 25 heavy (non-hydrogen) atoms. The second kappa shape index (κ2) is 5.95. The quantitative estimate of drug-likeness (QED) is 0.848. The largest absolute Gasteiger partial charge is 0.332 e. The Labute approximate surface area is 148 Å². The van der Waals surface area contributed by atoms with E-state index in [0.29, 0.717) is 29.6 Å². The second-order valence-electron chi connectivity index (χ2n) is 7.54. The predicted octanol–water partition coefficient (Wildman–Crippen LogP) is 2.78. The van der Waals surface area contributed by atoms with Crippen LogP contribution >= 0.6 is 0 Å². The minimum atomic E-state index is 0.0998. The number of carbonyl (C=O) groups is 1. The van der Waals surface area contributed by atoms with Crippen molar-refractivity contribution < 1.29 is 4.79 Å². The zero-order chi connectivity index (χ0) is 16.8. The fraction of sp³-hybridized carbons (Fsp3) is 0.429. The highest BCUT2D eigenvalue weighted by atomic mass is 16.2. The molecule has 4 nitrogen and oxygen atoms in total. The zero-order valence-corrected chi connectivity index (χ0v) is 14.3. The molecule has 1 amide bonds. The molecule has 2 aromatic rings. The Morgan fingerprint density at radius 1 is 0.960 bits per heavy atom. The molecule has 128 valence electrons. The van der Waals surface area contributed by atoms with E-state index in [9.17, 15) is 4.79 Å². The van der Waals surface area contributed by atoms with Crippen molar-refractivity contribution in [1.29, 1.82) is 0 Å². The number of likely N-dealkylation sites (tertiary alicyclic amines) is 1. The number of fused-ring (bicyclic) bond motifs is 2. The molecule has 4 fully saturated rings. The van der Waals surface area contributed by atoms with Gasteiger partial charge in [0.1, 0.15) is 5.69 Å². The van der Waals surface area contributed by atoms with Gasteiger partial charge in [-0.05, 0) is 49.5 Å². The van der Waals surface area contributed by atoms with Crippen LogP contribution in [-0.4, -0.2) is 52.4 Å². The van der Waals surface area contributed by atoms with Crippen molar-refractivity contribution in [1.82, 2.24) is 14.8 Å². The minimum absolute atomic E-state index is 0.0998. The SMILES string of the molecule is O=C(c1ccccn1)N1C[C@@H](c2ccccc2)[C@@H]2[C@H]1C1CCN2CC1. The fourth-order valence-corrected chi connectivity index (χ4v) is 5.28. The summed E-state index contributed by atoms with van der Waals surface area (Å²) in [4.78, 5) is 22.3. The van der Waals surface area contributed by atoms with Crippen LogP contribution in [0.2, 0.25) is 0 Å². The van der Waals surface area contributed by atoms with Gasteiger partial charge in [0, 0.05) is 24.7 Å². The lowest BCUT2D eigenvalue weighted by atomic mass is 9.75. The van der Waals surface area contributed by atoms with Gasteiger partial charge < -0.3 is 4.90 Å². The van der Waals surface area contributed by atoms with Crippen LogP contribution < -0.4 is 0 Å². The molecule has 0 spiro atoms. The molecule has 0 N–H and O–H groups in total. The summed E-state index contributed by atoms with van der Waals surface area (Å²) >= 11 is 0. The lowest BCUT2D eigenvalue weighted by molar-refractivity contribution is -0.00358. The minimum Gasteiger partial charge on any atom is -0.332 e. The van der Waals surface area contributed by atoms with Gasteiger partial charge in [0.05, 0.1) is 6.04 Å². The van der Waals surface area contributed by atoms with Gasteiger partial charge in [-0.1, -0.05) is 36.4 Å². The first-order valence-corrected chi connectivity index (χ1v) is 9.34. The molecule has 4 saturated heterocycles. The first-order valence-electron chi connectivity index (χ1n) is 9.34. The molecule has 4 heteroatoms. The van der Waals surface area contributed by atoms with E-state index in [-0.39, 0.29) is 5.91 Å². The predicted molar refractivity (Wildman–Crippen MR) is 96.3 cm³/mol. The van der Waals surface area contributed by atoms with Crippen LogP contribution in [0.25, 0.3) is 0 Å². The number of carbonyl (C=O) groups excluding carboxylic acids is 1. The first kappa shape index (κ1) is 15.1. The van der Waals surface area contributed by atoms with E-state index < -0.39 is 0 Å². The van der Waals surface area contributed by atoms with E-state index in [1.807, 2.05) is 18.2 Å². The monoisotopic (exact) mass is 333 g/mol. The van der Waals surface area contributed by atoms with Crippen molar-refractivity contribution >= 4 is 5.91 Å². The molecule has 0 saturated carbocycles. The third kappa shape index (κ3) is 2.39. The molecule has 1 aromatic heterocycles. The van der Waals surface area contributed by atoms with E-state index in [0.717, 1.165) is 6.54 Å². The van der Waals surface area contributed by atoms with Gasteiger partial charge in [0.15, 0.2) is 0 Å². The highest BCUT2D eigenvalue weighted by molar-refractivity contribution is 5.93. The maximum absolute atomic E-state index is 13.2. The van der Waals surface area contributed by atoms with Crippen molar-refractivity contribution in [3.05, 3.63) is 66.0 Å². The lowest BCUT2D eigenvalue weighted by Gasteiger charge is -2.51. The van der Waals surface area contributed by atoms with E-state index in [1.54, 1.807) is 6.20 Å². The van der Waals surface area contributed by atoms with Gasteiger partial charge in [0.25, 0.3) is 5.91 Å². The number of hydrogen-bond donors (Lipinski definition) is 0. The van der Waals surface area contributed by atoms with Crippen LogP contribution in [0.15, 0.2) is 54.7 Å². The Kier molecular flexibility index (Phi) is 3.59. The Bertz CT molecular complexity index is 755. The van der Waals surface area contributed by atoms with Crippen LogP contribution in [0.3, 0.4) is 0 Å². The Morgan fingerprint density at radius 2 is 1.72 bits per heavy atom. The van der Waals surface area contributed by atoms with E-state index >= 15 is 0 Å². The summed E-state index contributed by atoms with van der Waals surface area (Å²) in [5.41, 5.74) is 1.94. The third-order valence-electron chi connectivity index (χ3n) is 6.37. The van der Waals surface area contributed by atoms with Gasteiger partial charge in [-0.2, -0.15) is 0 Å². The average molecular weight is 333 g/mol. The summed E-state index contributed by atoms with van der Waals surface area (Å²) in [7, 11) is 0. The number of hydrogen-bond acceptors (Lipinski definition) is 3. The number of rotatable bonds is 2. The maximum atomic E-state index is 13.2. The van der Waals surface area contributed by atoms with Gasteiger partial charge in [-0.25, -0.2) is 0 Å². The summed E-state index contributed by atoms with van der Waals surface area (Å²) in [5.74, 6) is 1.14. The summed E-state index contributed by atoms with van der Waals surface area (Å²) in [5, 5.41) is 0. The van der Waals surface area contributed by atoms with Crippen molar-refractivity contribution in [2.45, 2.75) is 30.8 Å². The van der Waals surface area contributed by atoms with E-state index in [1.165, 1.54) is 31.5 Å². The zero-order valence-electron chi connectivity index (χ0n) is 14.3. The Hall–Kier alpha value is -2.20. The molecule has 5 heterocycles. The number of amides is 1.